The van der Waals surface area contributed by atoms with Crippen LogP contribution in [0.2, 0.25) is 0 Å². The highest BCUT2D eigenvalue weighted by Gasteiger charge is 2.00. The summed E-state index contributed by atoms with van der Waals surface area (Å²) in [5.41, 5.74) is 6.25. The molecule has 0 bridgehead atoms. The molecule has 0 rings (SSSR count). The third-order valence-electron chi connectivity index (χ3n) is 2.05. The van der Waals surface area contributed by atoms with Gasteiger partial charge in [0.1, 0.15) is 0 Å². The fourth-order valence-corrected chi connectivity index (χ4v) is 1.58. The van der Waals surface area contributed by atoms with Crippen molar-refractivity contribution in [2.45, 2.75) is 89.5 Å². The van der Waals surface area contributed by atoms with Crippen molar-refractivity contribution in [1.82, 2.24) is 0 Å². The maximum atomic E-state index is 3.97. The largest absolute Gasteiger partial charge is 0.0961 e. The lowest BCUT2D eigenvalue weighted by Crippen LogP contribution is -1.87. The van der Waals surface area contributed by atoms with Gasteiger partial charge in [-0.15, -0.1) is 0 Å². The van der Waals surface area contributed by atoms with E-state index in [0.29, 0.717) is 0 Å². The molecule has 0 fully saturated rings. The van der Waals surface area contributed by atoms with Gasteiger partial charge in [-0.1, -0.05) is 96.1 Å². The van der Waals surface area contributed by atoms with Gasteiger partial charge < -0.3 is 0 Å². The Morgan fingerprint density at radius 1 is 0.652 bits per heavy atom. The third kappa shape index (κ3) is 23.1. The molecule has 0 aromatic heterocycles. The molecule has 0 radical (unpaired) electrons. The maximum absolute atomic E-state index is 3.97. The van der Waals surface area contributed by atoms with Crippen molar-refractivity contribution < 1.29 is 0 Å². The molecule has 0 atom stereocenters. The standard InChI is InChI=1S/C17H26.3C2H6/c1-8-9-16(10-13(2)3)17(11-14(4)5)12-15(6)7;3*1-2/h9-12H,4,8H2,1-3,5-7H3;3*1-2H3/b16-9+,17-11+;;;. The summed E-state index contributed by atoms with van der Waals surface area (Å²) < 4.78 is 0. The fourth-order valence-electron chi connectivity index (χ4n) is 1.58. The van der Waals surface area contributed by atoms with E-state index in [2.05, 4.69) is 65.5 Å². The summed E-state index contributed by atoms with van der Waals surface area (Å²) in [6, 6.07) is 0. The first kappa shape index (κ1) is 29.7. The van der Waals surface area contributed by atoms with Crippen LogP contribution >= 0.6 is 0 Å². The Kier molecular flexibility index (Phi) is 29.6. The molecule has 136 valence electrons. The number of allylic oxidation sites excluding steroid dienone is 9. The first-order valence-electron chi connectivity index (χ1n) is 9.24. The highest BCUT2D eigenvalue weighted by atomic mass is 14.0. The van der Waals surface area contributed by atoms with Crippen molar-refractivity contribution in [1.29, 1.82) is 0 Å². The van der Waals surface area contributed by atoms with Gasteiger partial charge in [0.05, 0.1) is 0 Å². The van der Waals surface area contributed by atoms with Crippen molar-refractivity contribution in [3.05, 3.63) is 58.7 Å². The van der Waals surface area contributed by atoms with Crippen molar-refractivity contribution in [2.75, 3.05) is 0 Å². The maximum Gasteiger partial charge on any atom is -0.0185 e. The zero-order valence-corrected chi connectivity index (χ0v) is 18.2. The van der Waals surface area contributed by atoms with E-state index in [9.17, 15) is 0 Å². The zero-order chi connectivity index (χ0) is 19.4. The van der Waals surface area contributed by atoms with Crippen LogP contribution in [-0.4, -0.2) is 0 Å². The van der Waals surface area contributed by atoms with Crippen LogP contribution in [0.4, 0.5) is 0 Å². The molecule has 0 aromatic carbocycles. The minimum Gasteiger partial charge on any atom is -0.0961 e. The first-order chi connectivity index (χ1) is 10.9. The summed E-state index contributed by atoms with van der Waals surface area (Å²) in [4.78, 5) is 0. The second kappa shape index (κ2) is 23.0. The van der Waals surface area contributed by atoms with Gasteiger partial charge in [-0.25, -0.2) is 0 Å². The van der Waals surface area contributed by atoms with Crippen LogP contribution in [0.25, 0.3) is 0 Å². The fraction of sp³-hybridized carbons (Fsp3) is 0.565. The first-order valence-corrected chi connectivity index (χ1v) is 9.24. The van der Waals surface area contributed by atoms with Gasteiger partial charge in [-0.05, 0) is 52.2 Å². The molecule has 0 spiro atoms. The number of rotatable bonds is 5. The van der Waals surface area contributed by atoms with Crippen LogP contribution in [0.5, 0.6) is 0 Å². The highest BCUT2D eigenvalue weighted by molar-refractivity contribution is 5.50. The van der Waals surface area contributed by atoms with Gasteiger partial charge in [-0.2, -0.15) is 0 Å². The molecule has 0 amide bonds. The SMILES string of the molecule is C=C(C)/C=C(C=C(C)C)/C(C=C(C)C)=C/CC.CC.CC.CC. The second-order valence-corrected chi connectivity index (χ2v) is 4.96. The normalized spacial score (nSPS) is 9.74. The summed E-state index contributed by atoms with van der Waals surface area (Å²) >= 11 is 0. The van der Waals surface area contributed by atoms with Crippen molar-refractivity contribution in [2.24, 2.45) is 0 Å². The zero-order valence-electron chi connectivity index (χ0n) is 18.2. The molecule has 0 saturated carbocycles. The molecule has 0 saturated heterocycles. The van der Waals surface area contributed by atoms with Crippen LogP contribution in [0.1, 0.15) is 89.5 Å². The quantitative estimate of drug-likeness (QED) is 0.444. The predicted molar refractivity (Wildman–Crippen MR) is 114 cm³/mol. The monoisotopic (exact) mass is 320 g/mol. The summed E-state index contributed by atoms with van der Waals surface area (Å²) in [5, 5.41) is 0. The van der Waals surface area contributed by atoms with Crippen LogP contribution in [-0.2, 0) is 0 Å². The highest BCUT2D eigenvalue weighted by Crippen LogP contribution is 2.19. The van der Waals surface area contributed by atoms with Crippen molar-refractivity contribution in [3.8, 4) is 0 Å². The minimum absolute atomic E-state index is 1.04. The molecule has 0 heterocycles. The van der Waals surface area contributed by atoms with Crippen LogP contribution < -0.4 is 0 Å². The Labute approximate surface area is 148 Å². The van der Waals surface area contributed by atoms with E-state index in [1.165, 1.54) is 22.3 Å². The van der Waals surface area contributed by atoms with E-state index in [-0.39, 0.29) is 0 Å². The van der Waals surface area contributed by atoms with E-state index in [4.69, 9.17) is 0 Å². The number of hydrogen-bond donors (Lipinski definition) is 0. The topological polar surface area (TPSA) is 0 Å². The molecule has 23 heavy (non-hydrogen) atoms. The van der Waals surface area contributed by atoms with E-state index >= 15 is 0 Å². The molecule has 0 aromatic rings. The Hall–Kier alpha value is -1.30. The van der Waals surface area contributed by atoms with Crippen molar-refractivity contribution in [3.63, 3.8) is 0 Å². The lowest BCUT2D eigenvalue weighted by atomic mass is 9.98. The average molecular weight is 321 g/mol. The van der Waals surface area contributed by atoms with Crippen LogP contribution in [0.3, 0.4) is 0 Å². The molecular formula is C23H44. The molecule has 0 heteroatoms. The summed E-state index contributed by atoms with van der Waals surface area (Å²) in [7, 11) is 0. The summed E-state index contributed by atoms with van der Waals surface area (Å²) in [5.74, 6) is 0. The molecule has 0 unspecified atom stereocenters. The smallest absolute Gasteiger partial charge is 0.0185 e. The third-order valence-corrected chi connectivity index (χ3v) is 2.05. The van der Waals surface area contributed by atoms with E-state index in [0.717, 1.165) is 12.0 Å². The van der Waals surface area contributed by atoms with Gasteiger partial charge in [0.15, 0.2) is 0 Å². The second-order valence-electron chi connectivity index (χ2n) is 4.96. The molecule has 0 aliphatic heterocycles. The Morgan fingerprint density at radius 3 is 1.26 bits per heavy atom. The van der Waals surface area contributed by atoms with Crippen LogP contribution in [0.15, 0.2) is 58.7 Å². The summed E-state index contributed by atoms with van der Waals surface area (Å²) in [6.07, 6.45) is 9.91. The Bertz CT molecular complexity index is 376. The molecular weight excluding hydrogens is 276 g/mol. The van der Waals surface area contributed by atoms with Gasteiger partial charge in [0.2, 0.25) is 0 Å². The Morgan fingerprint density at radius 2 is 1.00 bits per heavy atom. The van der Waals surface area contributed by atoms with Crippen LogP contribution in [0, 0.1) is 0 Å². The van der Waals surface area contributed by atoms with Gasteiger partial charge in [0, 0.05) is 0 Å². The van der Waals surface area contributed by atoms with E-state index in [1.54, 1.807) is 0 Å². The molecule has 0 N–H and O–H groups in total. The lowest BCUT2D eigenvalue weighted by Gasteiger charge is -2.07. The lowest BCUT2D eigenvalue weighted by molar-refractivity contribution is 1.19. The average Bonchev–Trinajstić information content (AvgIpc) is 2.51. The summed E-state index contributed by atoms with van der Waals surface area (Å²) in [6.45, 7) is 28.7. The van der Waals surface area contributed by atoms with Gasteiger partial charge in [0.25, 0.3) is 0 Å². The van der Waals surface area contributed by atoms with E-state index in [1.807, 2.05) is 48.5 Å². The minimum atomic E-state index is 1.04. The molecule has 0 nitrogen and oxygen atoms in total. The number of hydrogen-bond acceptors (Lipinski definition) is 0. The Balaban J connectivity index is -0.000000267. The molecule has 0 aliphatic carbocycles. The van der Waals surface area contributed by atoms with Crippen molar-refractivity contribution >= 4 is 0 Å². The van der Waals surface area contributed by atoms with Gasteiger partial charge >= 0.3 is 0 Å². The van der Waals surface area contributed by atoms with Gasteiger partial charge in [-0.3, -0.25) is 0 Å². The predicted octanol–water partition coefficient (Wildman–Crippen LogP) is 8.84. The molecule has 0 aliphatic rings. The van der Waals surface area contributed by atoms with E-state index < -0.39 is 0 Å².